The van der Waals surface area contributed by atoms with E-state index in [1.54, 1.807) is 6.92 Å². The van der Waals surface area contributed by atoms with Crippen molar-refractivity contribution in [2.45, 2.75) is 20.3 Å². The largest absolute Gasteiger partial charge is 0.215 e. The summed E-state index contributed by atoms with van der Waals surface area (Å²) in [6.07, 6.45) is 0.713. The summed E-state index contributed by atoms with van der Waals surface area (Å²) < 4.78 is 26.0. The third-order valence-corrected chi connectivity index (χ3v) is 4.30. The minimum absolute atomic E-state index is 0.129. The number of halogens is 1. The Morgan fingerprint density at radius 1 is 1.38 bits per heavy atom. The average Bonchev–Trinajstić information content (AvgIpc) is 2.23. The molecule has 0 saturated heterocycles. The van der Waals surface area contributed by atoms with Crippen molar-refractivity contribution < 1.29 is 8.42 Å². The number of rotatable bonds is 5. The summed E-state index contributed by atoms with van der Waals surface area (Å²) in [6, 6.07) is 6.03. The molecule has 5 heteroatoms. The number of nitrogens with one attached hydrogen (secondary N) is 1. The van der Waals surface area contributed by atoms with E-state index in [-0.39, 0.29) is 5.75 Å². The number of aryl methyl sites for hydroxylation is 1. The Morgan fingerprint density at radius 3 is 2.69 bits per heavy atom. The Labute approximate surface area is 105 Å². The zero-order valence-corrected chi connectivity index (χ0v) is 11.9. The highest BCUT2D eigenvalue weighted by Gasteiger charge is 2.06. The van der Waals surface area contributed by atoms with Gasteiger partial charge in [0.15, 0.2) is 0 Å². The predicted molar refractivity (Wildman–Crippen MR) is 70.0 cm³/mol. The first-order valence-electron chi connectivity index (χ1n) is 5.17. The van der Waals surface area contributed by atoms with Crippen LogP contribution < -0.4 is 4.72 Å². The molecule has 0 fully saturated rings. The average molecular weight is 306 g/mol. The van der Waals surface area contributed by atoms with Gasteiger partial charge >= 0.3 is 0 Å². The molecule has 0 heterocycles. The molecule has 0 aliphatic rings. The van der Waals surface area contributed by atoms with Crippen molar-refractivity contribution in [3.05, 3.63) is 33.8 Å². The second-order valence-corrected chi connectivity index (χ2v) is 6.63. The summed E-state index contributed by atoms with van der Waals surface area (Å²) in [5.41, 5.74) is 2.34. The maximum atomic E-state index is 11.2. The molecule has 0 atom stereocenters. The van der Waals surface area contributed by atoms with E-state index >= 15 is 0 Å². The van der Waals surface area contributed by atoms with Crippen LogP contribution in [0.15, 0.2) is 22.7 Å². The molecule has 0 unspecified atom stereocenters. The van der Waals surface area contributed by atoms with E-state index in [0.717, 1.165) is 10.0 Å². The lowest BCUT2D eigenvalue weighted by Crippen LogP contribution is -2.27. The first-order valence-corrected chi connectivity index (χ1v) is 7.61. The Morgan fingerprint density at radius 2 is 2.06 bits per heavy atom. The van der Waals surface area contributed by atoms with Gasteiger partial charge < -0.3 is 0 Å². The van der Waals surface area contributed by atoms with Crippen molar-refractivity contribution in [2.75, 3.05) is 12.3 Å². The molecule has 3 nitrogen and oxygen atoms in total. The van der Waals surface area contributed by atoms with Crippen LogP contribution in [0.1, 0.15) is 18.1 Å². The van der Waals surface area contributed by atoms with Gasteiger partial charge in [-0.1, -0.05) is 22.0 Å². The van der Waals surface area contributed by atoms with E-state index < -0.39 is 10.0 Å². The normalized spacial score (nSPS) is 11.7. The van der Waals surface area contributed by atoms with Crippen molar-refractivity contribution in [3.8, 4) is 0 Å². The molecule has 0 aromatic heterocycles. The molecule has 16 heavy (non-hydrogen) atoms. The van der Waals surface area contributed by atoms with Crippen LogP contribution in [0.2, 0.25) is 0 Å². The molecular formula is C11H16BrNO2S. The molecule has 0 spiro atoms. The van der Waals surface area contributed by atoms with Crippen LogP contribution in [0.5, 0.6) is 0 Å². The Bertz CT molecular complexity index is 457. The van der Waals surface area contributed by atoms with Crippen LogP contribution in [0.4, 0.5) is 0 Å². The van der Waals surface area contributed by atoms with Gasteiger partial charge in [0.1, 0.15) is 0 Å². The second kappa shape index (κ2) is 5.80. The zero-order chi connectivity index (χ0) is 12.2. The SMILES string of the molecule is CCS(=O)(=O)NCCc1cc(Br)ccc1C. The van der Waals surface area contributed by atoms with Gasteiger partial charge in [0, 0.05) is 11.0 Å². The standard InChI is InChI=1S/C11H16BrNO2S/c1-3-16(14,15)13-7-6-10-8-11(12)5-4-9(10)2/h4-5,8,13H,3,6-7H2,1-2H3. The van der Waals surface area contributed by atoms with Crippen LogP contribution in [0.3, 0.4) is 0 Å². The molecule has 0 bridgehead atoms. The molecule has 0 aliphatic heterocycles. The van der Waals surface area contributed by atoms with Crippen LogP contribution >= 0.6 is 15.9 Å². The fraction of sp³-hybridized carbons (Fsp3) is 0.455. The summed E-state index contributed by atoms with van der Waals surface area (Å²) in [4.78, 5) is 0. The van der Waals surface area contributed by atoms with Gasteiger partial charge in [-0.05, 0) is 43.5 Å². The summed E-state index contributed by atoms with van der Waals surface area (Å²) in [5, 5.41) is 0. The smallest absolute Gasteiger partial charge is 0.211 e. The lowest BCUT2D eigenvalue weighted by atomic mass is 10.1. The van der Waals surface area contributed by atoms with Gasteiger partial charge in [0.2, 0.25) is 10.0 Å². The first kappa shape index (κ1) is 13.7. The quantitative estimate of drug-likeness (QED) is 0.907. The van der Waals surface area contributed by atoms with E-state index in [2.05, 4.69) is 20.7 Å². The topological polar surface area (TPSA) is 46.2 Å². The van der Waals surface area contributed by atoms with Crippen molar-refractivity contribution >= 4 is 26.0 Å². The fourth-order valence-corrected chi connectivity index (χ4v) is 2.38. The number of benzene rings is 1. The predicted octanol–water partition coefficient (Wildman–Crippen LogP) is 2.24. The first-order chi connectivity index (χ1) is 7.44. The van der Waals surface area contributed by atoms with Crippen molar-refractivity contribution in [1.29, 1.82) is 0 Å². The van der Waals surface area contributed by atoms with Crippen molar-refractivity contribution in [1.82, 2.24) is 4.72 Å². The van der Waals surface area contributed by atoms with Crippen molar-refractivity contribution in [2.24, 2.45) is 0 Å². The van der Waals surface area contributed by atoms with Gasteiger partial charge in [-0.15, -0.1) is 0 Å². The molecule has 1 N–H and O–H groups in total. The molecule has 0 radical (unpaired) electrons. The third kappa shape index (κ3) is 4.23. The molecule has 1 aromatic carbocycles. The molecule has 1 rings (SSSR count). The van der Waals surface area contributed by atoms with E-state index in [4.69, 9.17) is 0 Å². The summed E-state index contributed by atoms with van der Waals surface area (Å²) in [5.74, 6) is 0.129. The molecular weight excluding hydrogens is 290 g/mol. The van der Waals surface area contributed by atoms with Gasteiger partial charge in [-0.25, -0.2) is 13.1 Å². The molecule has 90 valence electrons. The van der Waals surface area contributed by atoms with E-state index in [9.17, 15) is 8.42 Å². The fourth-order valence-electron chi connectivity index (χ4n) is 1.35. The van der Waals surface area contributed by atoms with Gasteiger partial charge in [0.05, 0.1) is 5.75 Å². The van der Waals surface area contributed by atoms with E-state index in [1.807, 2.05) is 25.1 Å². The highest BCUT2D eigenvalue weighted by atomic mass is 79.9. The molecule has 0 amide bonds. The zero-order valence-electron chi connectivity index (χ0n) is 9.46. The van der Waals surface area contributed by atoms with Crippen LogP contribution in [-0.2, 0) is 16.4 Å². The maximum absolute atomic E-state index is 11.2. The Hall–Kier alpha value is -0.390. The molecule has 1 aromatic rings. The van der Waals surface area contributed by atoms with Gasteiger partial charge in [0.25, 0.3) is 0 Å². The Balaban J connectivity index is 2.59. The second-order valence-electron chi connectivity index (χ2n) is 3.62. The summed E-state index contributed by atoms with van der Waals surface area (Å²) in [6.45, 7) is 4.11. The highest BCUT2D eigenvalue weighted by molar-refractivity contribution is 9.10. The lowest BCUT2D eigenvalue weighted by Gasteiger charge is -2.07. The van der Waals surface area contributed by atoms with Crippen LogP contribution in [-0.4, -0.2) is 20.7 Å². The van der Waals surface area contributed by atoms with Crippen LogP contribution in [0.25, 0.3) is 0 Å². The maximum Gasteiger partial charge on any atom is 0.211 e. The minimum atomic E-state index is -3.07. The van der Waals surface area contributed by atoms with Crippen LogP contribution in [0, 0.1) is 6.92 Å². The third-order valence-electron chi connectivity index (χ3n) is 2.41. The molecule has 0 aliphatic carbocycles. The molecule has 0 saturated carbocycles. The highest BCUT2D eigenvalue weighted by Crippen LogP contribution is 2.16. The Kier molecular flexibility index (Phi) is 4.95. The minimum Gasteiger partial charge on any atom is -0.215 e. The number of hydrogen-bond acceptors (Lipinski definition) is 2. The van der Waals surface area contributed by atoms with E-state index in [1.165, 1.54) is 5.56 Å². The number of hydrogen-bond donors (Lipinski definition) is 1. The van der Waals surface area contributed by atoms with Gasteiger partial charge in [-0.2, -0.15) is 0 Å². The summed E-state index contributed by atoms with van der Waals surface area (Å²) in [7, 11) is -3.07. The lowest BCUT2D eigenvalue weighted by molar-refractivity contribution is 0.583. The van der Waals surface area contributed by atoms with Crippen molar-refractivity contribution in [3.63, 3.8) is 0 Å². The monoisotopic (exact) mass is 305 g/mol. The summed E-state index contributed by atoms with van der Waals surface area (Å²) >= 11 is 3.40. The van der Waals surface area contributed by atoms with E-state index in [0.29, 0.717) is 13.0 Å². The van der Waals surface area contributed by atoms with Gasteiger partial charge in [-0.3, -0.25) is 0 Å². The number of sulfonamides is 1.